The van der Waals surface area contributed by atoms with E-state index in [0.29, 0.717) is 5.75 Å². The lowest BCUT2D eigenvalue weighted by atomic mass is 10.4. The fraction of sp³-hybridized carbons (Fsp3) is 0.857. The number of thioether (sulfide) groups is 1. The molecule has 4 heteroatoms. The highest BCUT2D eigenvalue weighted by atomic mass is 32.2. The van der Waals surface area contributed by atoms with Crippen LogP contribution in [0.2, 0.25) is 0 Å². The molecule has 0 aliphatic carbocycles. The Morgan fingerprint density at radius 1 is 1.64 bits per heavy atom. The Bertz CT molecular complexity index is 145. The van der Waals surface area contributed by atoms with Crippen molar-refractivity contribution in [2.24, 2.45) is 0 Å². The number of rotatable bonds is 5. The van der Waals surface area contributed by atoms with Gasteiger partial charge in [0.2, 0.25) is 0 Å². The van der Waals surface area contributed by atoms with Crippen LogP contribution < -0.4 is 0 Å². The SMILES string of the molecule is CCCCSC(=S)CS(C)=O. The lowest BCUT2D eigenvalue weighted by Gasteiger charge is -1.99. The van der Waals surface area contributed by atoms with E-state index in [1.807, 2.05) is 0 Å². The molecule has 0 fully saturated rings. The summed E-state index contributed by atoms with van der Waals surface area (Å²) in [7, 11) is -0.763. The molecular weight excluding hydrogens is 196 g/mol. The predicted molar refractivity (Wildman–Crippen MR) is 58.9 cm³/mol. The van der Waals surface area contributed by atoms with Crippen LogP contribution in [0.25, 0.3) is 0 Å². The van der Waals surface area contributed by atoms with Crippen LogP contribution in [0.1, 0.15) is 19.8 Å². The minimum Gasteiger partial charge on any atom is -0.259 e. The van der Waals surface area contributed by atoms with E-state index in [0.717, 1.165) is 9.95 Å². The van der Waals surface area contributed by atoms with Crippen LogP contribution >= 0.6 is 24.0 Å². The standard InChI is InChI=1S/C7H14OS3/c1-3-4-5-10-7(9)6-11(2)8/h3-6H2,1-2H3. The Labute approximate surface area is 80.8 Å². The van der Waals surface area contributed by atoms with Gasteiger partial charge in [-0.05, 0) is 12.2 Å². The van der Waals surface area contributed by atoms with Crippen LogP contribution in [-0.4, -0.2) is 26.2 Å². The molecule has 0 bridgehead atoms. The number of hydrogen-bond acceptors (Lipinski definition) is 3. The van der Waals surface area contributed by atoms with Gasteiger partial charge in [-0.1, -0.05) is 25.6 Å². The number of thiocarbonyl (C=S) groups is 1. The lowest BCUT2D eigenvalue weighted by molar-refractivity contribution is 0.689. The van der Waals surface area contributed by atoms with E-state index in [1.165, 1.54) is 12.8 Å². The first-order valence-corrected chi connectivity index (χ1v) is 6.74. The molecule has 11 heavy (non-hydrogen) atoms. The van der Waals surface area contributed by atoms with Crippen LogP contribution in [0.5, 0.6) is 0 Å². The molecule has 0 spiro atoms. The highest BCUT2D eigenvalue weighted by Gasteiger charge is 1.99. The topological polar surface area (TPSA) is 17.1 Å². The molecule has 0 radical (unpaired) electrons. The van der Waals surface area contributed by atoms with Gasteiger partial charge in [0.1, 0.15) is 0 Å². The summed E-state index contributed by atoms with van der Waals surface area (Å²) < 4.78 is 11.6. The average Bonchev–Trinajstić information content (AvgIpc) is 1.86. The number of unbranched alkanes of at least 4 members (excludes halogenated alkanes) is 1. The maximum absolute atomic E-state index is 10.7. The largest absolute Gasteiger partial charge is 0.259 e. The van der Waals surface area contributed by atoms with Gasteiger partial charge in [-0.3, -0.25) is 4.21 Å². The summed E-state index contributed by atoms with van der Waals surface area (Å²) in [5, 5.41) is 0. The Kier molecular flexibility index (Phi) is 7.64. The van der Waals surface area contributed by atoms with Crippen molar-refractivity contribution in [1.29, 1.82) is 0 Å². The van der Waals surface area contributed by atoms with Gasteiger partial charge in [-0.15, -0.1) is 11.8 Å². The fourth-order valence-electron chi connectivity index (χ4n) is 0.538. The van der Waals surface area contributed by atoms with Gasteiger partial charge in [0, 0.05) is 17.1 Å². The Hall–Kier alpha value is 0.590. The molecule has 0 aromatic carbocycles. The van der Waals surface area contributed by atoms with Crippen molar-refractivity contribution in [2.45, 2.75) is 19.8 Å². The van der Waals surface area contributed by atoms with Crippen molar-refractivity contribution in [2.75, 3.05) is 17.8 Å². The predicted octanol–water partition coefficient (Wildman–Crippen LogP) is 2.23. The zero-order chi connectivity index (χ0) is 8.69. The quantitative estimate of drug-likeness (QED) is 0.512. The molecule has 0 saturated heterocycles. The molecule has 1 nitrogen and oxygen atoms in total. The zero-order valence-corrected chi connectivity index (χ0v) is 9.41. The normalized spacial score (nSPS) is 12.9. The van der Waals surface area contributed by atoms with E-state index >= 15 is 0 Å². The minimum absolute atomic E-state index is 0.573. The summed E-state index contributed by atoms with van der Waals surface area (Å²) in [5.41, 5.74) is 0. The van der Waals surface area contributed by atoms with Gasteiger partial charge >= 0.3 is 0 Å². The molecule has 0 heterocycles. The summed E-state index contributed by atoms with van der Waals surface area (Å²) in [6.07, 6.45) is 4.08. The molecule has 0 amide bonds. The van der Waals surface area contributed by atoms with Gasteiger partial charge in [-0.25, -0.2) is 0 Å². The molecule has 1 atom stereocenters. The summed E-state index contributed by atoms with van der Waals surface area (Å²) in [5.74, 6) is 1.65. The summed E-state index contributed by atoms with van der Waals surface area (Å²) in [4.78, 5) is 0. The maximum Gasteiger partial charge on any atom is 0.0645 e. The van der Waals surface area contributed by atoms with Crippen molar-refractivity contribution in [3.8, 4) is 0 Å². The van der Waals surface area contributed by atoms with Crippen molar-refractivity contribution in [3.63, 3.8) is 0 Å². The fourth-order valence-corrected chi connectivity index (χ4v) is 3.11. The summed E-state index contributed by atoms with van der Waals surface area (Å²) in [6.45, 7) is 2.15. The Morgan fingerprint density at radius 2 is 2.27 bits per heavy atom. The molecule has 66 valence electrons. The molecule has 0 saturated carbocycles. The molecular formula is C7H14OS3. The second-order valence-electron chi connectivity index (χ2n) is 2.29. The molecule has 0 aliphatic rings. The van der Waals surface area contributed by atoms with Gasteiger partial charge < -0.3 is 0 Å². The Morgan fingerprint density at radius 3 is 2.73 bits per heavy atom. The highest BCUT2D eigenvalue weighted by molar-refractivity contribution is 8.24. The highest BCUT2D eigenvalue weighted by Crippen LogP contribution is 2.08. The molecule has 1 unspecified atom stereocenters. The van der Waals surface area contributed by atoms with E-state index < -0.39 is 10.8 Å². The second-order valence-corrected chi connectivity index (χ2v) is 5.67. The van der Waals surface area contributed by atoms with Gasteiger partial charge in [-0.2, -0.15) is 0 Å². The summed E-state index contributed by atoms with van der Waals surface area (Å²) >= 11 is 6.68. The molecule has 0 N–H and O–H groups in total. The van der Waals surface area contributed by atoms with Crippen molar-refractivity contribution in [1.82, 2.24) is 0 Å². The maximum atomic E-state index is 10.7. The third kappa shape index (κ3) is 8.50. The van der Waals surface area contributed by atoms with Crippen molar-refractivity contribution < 1.29 is 4.21 Å². The van der Waals surface area contributed by atoms with Crippen LogP contribution in [0.3, 0.4) is 0 Å². The first kappa shape index (κ1) is 11.6. The number of hydrogen-bond donors (Lipinski definition) is 0. The van der Waals surface area contributed by atoms with Crippen LogP contribution in [0, 0.1) is 0 Å². The van der Waals surface area contributed by atoms with E-state index in [4.69, 9.17) is 12.2 Å². The smallest absolute Gasteiger partial charge is 0.0645 e. The third-order valence-corrected chi connectivity index (χ3v) is 3.60. The molecule has 0 aromatic rings. The van der Waals surface area contributed by atoms with E-state index in [9.17, 15) is 4.21 Å². The molecule has 0 aliphatic heterocycles. The first-order chi connectivity index (χ1) is 5.16. The second kappa shape index (κ2) is 7.25. The molecule has 0 aromatic heterocycles. The van der Waals surface area contributed by atoms with Gasteiger partial charge in [0.15, 0.2) is 0 Å². The van der Waals surface area contributed by atoms with Gasteiger partial charge in [0.05, 0.1) is 9.95 Å². The summed E-state index contributed by atoms with van der Waals surface area (Å²) in [6, 6.07) is 0. The van der Waals surface area contributed by atoms with Crippen molar-refractivity contribution >= 4 is 39.0 Å². The van der Waals surface area contributed by atoms with Crippen LogP contribution in [0.15, 0.2) is 0 Å². The van der Waals surface area contributed by atoms with Crippen LogP contribution in [0.4, 0.5) is 0 Å². The monoisotopic (exact) mass is 210 g/mol. The van der Waals surface area contributed by atoms with Crippen molar-refractivity contribution in [3.05, 3.63) is 0 Å². The van der Waals surface area contributed by atoms with E-state index in [2.05, 4.69) is 6.92 Å². The zero-order valence-electron chi connectivity index (χ0n) is 6.96. The average molecular weight is 210 g/mol. The lowest BCUT2D eigenvalue weighted by Crippen LogP contribution is -2.03. The van der Waals surface area contributed by atoms with E-state index in [-0.39, 0.29) is 0 Å². The first-order valence-electron chi connectivity index (χ1n) is 3.62. The van der Waals surface area contributed by atoms with Gasteiger partial charge in [0.25, 0.3) is 0 Å². The third-order valence-electron chi connectivity index (χ3n) is 1.08. The minimum atomic E-state index is -0.763. The molecule has 0 rings (SSSR count). The van der Waals surface area contributed by atoms with Crippen LogP contribution in [-0.2, 0) is 10.8 Å². The van der Waals surface area contributed by atoms with E-state index in [1.54, 1.807) is 18.0 Å². The Balaban J connectivity index is 3.30.